The number of phenols is 1. The van der Waals surface area contributed by atoms with Crippen LogP contribution in [-0.2, 0) is 9.84 Å². The summed E-state index contributed by atoms with van der Waals surface area (Å²) in [4.78, 5) is 0.0971. The number of benzene rings is 2. The summed E-state index contributed by atoms with van der Waals surface area (Å²) in [5.74, 6) is -0.258. The molecule has 0 bridgehead atoms. The molecule has 0 atom stereocenters. The second-order valence-electron chi connectivity index (χ2n) is 3.79. The Labute approximate surface area is 105 Å². The summed E-state index contributed by atoms with van der Waals surface area (Å²) in [6.45, 7) is 0. The maximum Gasteiger partial charge on any atom is 0.206 e. The molecule has 0 spiro atoms. The average molecular weight is 264 g/mol. The Morgan fingerprint density at radius 3 is 2.00 bits per heavy atom. The van der Waals surface area contributed by atoms with Gasteiger partial charge in [-0.15, -0.1) is 0 Å². The number of anilines is 2. The highest BCUT2D eigenvalue weighted by molar-refractivity contribution is 7.91. The predicted octanol–water partition coefficient (Wildman–Crippen LogP) is 1.39. The van der Waals surface area contributed by atoms with Crippen molar-refractivity contribution in [2.75, 3.05) is 11.5 Å². The van der Waals surface area contributed by atoms with Gasteiger partial charge in [0.15, 0.2) is 0 Å². The molecule has 0 aliphatic rings. The highest BCUT2D eigenvalue weighted by atomic mass is 32.2. The third kappa shape index (κ3) is 2.10. The molecule has 0 unspecified atom stereocenters. The number of sulfone groups is 1. The molecule has 0 radical (unpaired) electrons. The third-order valence-electron chi connectivity index (χ3n) is 2.50. The molecule has 94 valence electrons. The molecule has 0 fully saturated rings. The van der Waals surface area contributed by atoms with E-state index in [2.05, 4.69) is 0 Å². The molecule has 0 saturated heterocycles. The first-order chi connectivity index (χ1) is 8.41. The van der Waals surface area contributed by atoms with Gasteiger partial charge in [0.2, 0.25) is 9.84 Å². The first-order valence-corrected chi connectivity index (χ1v) is 6.59. The van der Waals surface area contributed by atoms with Crippen molar-refractivity contribution in [3.8, 4) is 5.75 Å². The van der Waals surface area contributed by atoms with Crippen LogP contribution in [0.15, 0.2) is 52.3 Å². The van der Waals surface area contributed by atoms with Crippen molar-refractivity contribution in [2.45, 2.75) is 9.79 Å². The fourth-order valence-electron chi connectivity index (χ4n) is 1.47. The van der Waals surface area contributed by atoms with Gasteiger partial charge in [-0.2, -0.15) is 0 Å². The Kier molecular flexibility index (Phi) is 2.88. The lowest BCUT2D eigenvalue weighted by atomic mass is 10.3. The molecule has 0 aliphatic heterocycles. The molecule has 6 heteroatoms. The van der Waals surface area contributed by atoms with E-state index in [1.807, 2.05) is 0 Å². The van der Waals surface area contributed by atoms with Crippen molar-refractivity contribution in [2.24, 2.45) is 0 Å². The van der Waals surface area contributed by atoms with Gasteiger partial charge in [-0.1, -0.05) is 0 Å². The second kappa shape index (κ2) is 4.23. The maximum absolute atomic E-state index is 12.2. The third-order valence-corrected chi connectivity index (χ3v) is 4.27. The van der Waals surface area contributed by atoms with Crippen LogP contribution in [0.25, 0.3) is 0 Å². The van der Waals surface area contributed by atoms with E-state index in [-0.39, 0.29) is 21.2 Å². The summed E-state index contributed by atoms with van der Waals surface area (Å²) < 4.78 is 24.4. The van der Waals surface area contributed by atoms with Crippen LogP contribution in [0.2, 0.25) is 0 Å². The zero-order valence-corrected chi connectivity index (χ0v) is 10.2. The second-order valence-corrected chi connectivity index (χ2v) is 5.74. The Balaban J connectivity index is 2.54. The first-order valence-electron chi connectivity index (χ1n) is 5.10. The van der Waals surface area contributed by atoms with Crippen molar-refractivity contribution in [3.63, 3.8) is 0 Å². The standard InChI is InChI=1S/C12H12N2O3S/c13-8-1-3-9(4-2-8)18(16,17)10-5-6-11(14)12(15)7-10/h1-7,15H,13-14H2. The highest BCUT2D eigenvalue weighted by Crippen LogP contribution is 2.27. The zero-order valence-electron chi connectivity index (χ0n) is 9.37. The molecule has 0 aromatic heterocycles. The fraction of sp³-hybridized carbons (Fsp3) is 0. The SMILES string of the molecule is Nc1ccc(S(=O)(=O)c2ccc(N)c(O)c2)cc1. The normalized spacial score (nSPS) is 11.3. The molecule has 0 saturated carbocycles. The first kappa shape index (κ1) is 12.3. The number of nitrogens with two attached hydrogens (primary N) is 2. The van der Waals surface area contributed by atoms with Gasteiger partial charge in [0.05, 0.1) is 15.5 Å². The van der Waals surface area contributed by atoms with Crippen molar-refractivity contribution >= 4 is 21.2 Å². The molecule has 2 aromatic rings. The number of phenolic OH excluding ortho intramolecular Hbond substituents is 1. The molecule has 5 N–H and O–H groups in total. The molecular formula is C12H12N2O3S. The van der Waals surface area contributed by atoms with Gasteiger partial charge in [-0.25, -0.2) is 8.42 Å². The van der Waals surface area contributed by atoms with Crippen LogP contribution in [0.3, 0.4) is 0 Å². The molecule has 2 aromatic carbocycles. The van der Waals surface area contributed by atoms with Crippen LogP contribution >= 0.6 is 0 Å². The number of aromatic hydroxyl groups is 1. The maximum atomic E-state index is 12.2. The fourth-order valence-corrected chi connectivity index (χ4v) is 2.75. The molecule has 5 nitrogen and oxygen atoms in total. The van der Waals surface area contributed by atoms with Gasteiger partial charge in [0.25, 0.3) is 0 Å². The van der Waals surface area contributed by atoms with E-state index in [9.17, 15) is 13.5 Å². The Hall–Kier alpha value is -2.21. The van der Waals surface area contributed by atoms with Crippen LogP contribution < -0.4 is 11.5 Å². The lowest BCUT2D eigenvalue weighted by Crippen LogP contribution is -2.02. The molecule has 18 heavy (non-hydrogen) atoms. The van der Waals surface area contributed by atoms with E-state index in [4.69, 9.17) is 11.5 Å². The van der Waals surface area contributed by atoms with E-state index < -0.39 is 9.84 Å². The number of hydrogen-bond donors (Lipinski definition) is 3. The quantitative estimate of drug-likeness (QED) is 0.561. The van der Waals surface area contributed by atoms with E-state index in [1.54, 1.807) is 0 Å². The minimum atomic E-state index is -3.67. The van der Waals surface area contributed by atoms with Crippen molar-refractivity contribution in [3.05, 3.63) is 42.5 Å². The topological polar surface area (TPSA) is 106 Å². The van der Waals surface area contributed by atoms with Crippen LogP contribution in [0.1, 0.15) is 0 Å². The number of hydrogen-bond acceptors (Lipinski definition) is 5. The summed E-state index contributed by atoms with van der Waals surface area (Å²) in [5.41, 5.74) is 11.5. The van der Waals surface area contributed by atoms with Gasteiger partial charge < -0.3 is 16.6 Å². The van der Waals surface area contributed by atoms with Crippen molar-refractivity contribution in [1.29, 1.82) is 0 Å². The summed E-state index contributed by atoms with van der Waals surface area (Å²) >= 11 is 0. The van der Waals surface area contributed by atoms with Gasteiger partial charge in [0, 0.05) is 11.8 Å². The Bertz CT molecular complexity index is 679. The molecule has 0 aliphatic carbocycles. The largest absolute Gasteiger partial charge is 0.506 e. The Morgan fingerprint density at radius 2 is 1.44 bits per heavy atom. The van der Waals surface area contributed by atoms with Gasteiger partial charge >= 0.3 is 0 Å². The predicted molar refractivity (Wildman–Crippen MR) is 68.8 cm³/mol. The minimum Gasteiger partial charge on any atom is -0.506 e. The van der Waals surface area contributed by atoms with Crippen LogP contribution in [-0.4, -0.2) is 13.5 Å². The Morgan fingerprint density at radius 1 is 0.889 bits per heavy atom. The van der Waals surface area contributed by atoms with Crippen molar-refractivity contribution in [1.82, 2.24) is 0 Å². The van der Waals surface area contributed by atoms with Crippen LogP contribution in [0.4, 0.5) is 11.4 Å². The smallest absolute Gasteiger partial charge is 0.206 e. The lowest BCUT2D eigenvalue weighted by molar-refractivity contribution is 0.476. The summed E-state index contributed by atoms with van der Waals surface area (Å²) in [7, 11) is -3.67. The van der Waals surface area contributed by atoms with E-state index in [0.29, 0.717) is 5.69 Å². The van der Waals surface area contributed by atoms with Crippen LogP contribution in [0, 0.1) is 0 Å². The number of nitrogen functional groups attached to an aromatic ring is 2. The van der Waals surface area contributed by atoms with Gasteiger partial charge in [-0.05, 0) is 36.4 Å². The van der Waals surface area contributed by atoms with E-state index in [1.165, 1.54) is 36.4 Å². The van der Waals surface area contributed by atoms with E-state index in [0.717, 1.165) is 6.07 Å². The molecule has 0 heterocycles. The van der Waals surface area contributed by atoms with Crippen LogP contribution in [0.5, 0.6) is 5.75 Å². The van der Waals surface area contributed by atoms with Gasteiger partial charge in [-0.3, -0.25) is 0 Å². The highest BCUT2D eigenvalue weighted by Gasteiger charge is 2.18. The summed E-state index contributed by atoms with van der Waals surface area (Å²) in [6, 6.07) is 9.66. The van der Waals surface area contributed by atoms with Gasteiger partial charge in [0.1, 0.15) is 5.75 Å². The average Bonchev–Trinajstić information content (AvgIpc) is 2.33. The monoisotopic (exact) mass is 264 g/mol. The summed E-state index contributed by atoms with van der Waals surface area (Å²) in [6.07, 6.45) is 0. The zero-order chi connectivity index (χ0) is 13.3. The minimum absolute atomic E-state index is 0.0148. The molecular weight excluding hydrogens is 252 g/mol. The molecule has 0 amide bonds. The summed E-state index contributed by atoms with van der Waals surface area (Å²) in [5, 5.41) is 9.45. The van der Waals surface area contributed by atoms with E-state index >= 15 is 0 Å². The number of rotatable bonds is 2. The molecule has 2 rings (SSSR count). The van der Waals surface area contributed by atoms with Crippen molar-refractivity contribution < 1.29 is 13.5 Å². The lowest BCUT2D eigenvalue weighted by Gasteiger charge is -2.06.